The minimum atomic E-state index is 0.0505. The summed E-state index contributed by atoms with van der Waals surface area (Å²) in [6, 6.07) is 0. The lowest BCUT2D eigenvalue weighted by atomic mass is 10.1. The van der Waals surface area contributed by atoms with Gasteiger partial charge < -0.3 is 8.73 Å². The second-order valence-corrected chi connectivity index (χ2v) is 4.67. The van der Waals surface area contributed by atoms with E-state index in [9.17, 15) is 4.79 Å². The molecule has 1 aliphatic rings. The molecule has 0 bridgehead atoms. The zero-order chi connectivity index (χ0) is 12.7. The second-order valence-electron chi connectivity index (χ2n) is 4.29. The Kier molecular flexibility index (Phi) is 6.56. The number of amides is 1. The minimum Gasteiger partial charge on any atom is -0.335 e. The summed E-state index contributed by atoms with van der Waals surface area (Å²) in [5, 5.41) is 0. The third kappa shape index (κ3) is 5.53. The third-order valence-corrected chi connectivity index (χ3v) is 3.47. The van der Waals surface area contributed by atoms with Crippen LogP contribution in [0.4, 0.5) is 0 Å². The van der Waals surface area contributed by atoms with E-state index in [0.29, 0.717) is 12.6 Å². The molecule has 0 saturated carbocycles. The molecule has 4 nitrogen and oxygen atoms in total. The number of halogens is 1. The van der Waals surface area contributed by atoms with Gasteiger partial charge in [0.1, 0.15) is 0 Å². The van der Waals surface area contributed by atoms with Crippen molar-refractivity contribution in [3.63, 3.8) is 0 Å². The number of piperidine rings is 1. The van der Waals surface area contributed by atoms with Crippen LogP contribution in [0, 0.1) is 11.8 Å². The van der Waals surface area contributed by atoms with Crippen LogP contribution in [0.5, 0.6) is 0 Å². The van der Waals surface area contributed by atoms with Crippen LogP contribution in [0.15, 0.2) is 0 Å². The smallest absolute Gasteiger partial charge is 0.219 e. The van der Waals surface area contributed by atoms with Gasteiger partial charge in [-0.25, -0.2) is 0 Å². The van der Waals surface area contributed by atoms with Crippen molar-refractivity contribution in [2.45, 2.75) is 25.9 Å². The molecule has 1 amide bonds. The highest BCUT2D eigenvalue weighted by Crippen LogP contribution is 2.14. The molecule has 1 fully saturated rings. The molecule has 0 atom stereocenters. The summed E-state index contributed by atoms with van der Waals surface area (Å²) in [6.07, 6.45) is 2.42. The first-order valence-electron chi connectivity index (χ1n) is 5.80. The number of carbonyl (C=O) groups is 1. The molecule has 0 radical (unpaired) electrons. The Labute approximate surface area is 112 Å². The van der Waals surface area contributed by atoms with Crippen LogP contribution in [-0.2, 0) is 8.62 Å². The van der Waals surface area contributed by atoms with Crippen molar-refractivity contribution in [1.82, 2.24) is 9.80 Å². The Balaban J connectivity index is 2.19. The molecule has 96 valence electrons. The van der Waals surface area contributed by atoms with Gasteiger partial charge in [-0.1, -0.05) is 11.8 Å². The zero-order valence-corrected chi connectivity index (χ0v) is 12.0. The van der Waals surface area contributed by atoms with E-state index in [1.54, 1.807) is 18.9 Å². The molecular weight excluding hydrogens is 284 g/mol. The molecule has 0 aromatic rings. The molecule has 0 aliphatic carbocycles. The molecule has 1 saturated heterocycles. The van der Waals surface area contributed by atoms with Gasteiger partial charge in [0.15, 0.2) is 0 Å². The van der Waals surface area contributed by atoms with Gasteiger partial charge >= 0.3 is 0 Å². The van der Waals surface area contributed by atoms with Crippen molar-refractivity contribution in [3.05, 3.63) is 0 Å². The van der Waals surface area contributed by atoms with Crippen molar-refractivity contribution >= 4 is 22.2 Å². The van der Waals surface area contributed by atoms with Crippen LogP contribution in [0.2, 0.25) is 0 Å². The Bertz CT molecular complexity index is 303. The van der Waals surface area contributed by atoms with Gasteiger partial charge in [0.25, 0.3) is 0 Å². The van der Waals surface area contributed by atoms with Crippen LogP contribution >= 0.6 is 16.3 Å². The first-order chi connectivity index (χ1) is 8.13. The number of rotatable bonds is 3. The number of hydrogen-bond acceptors (Lipinski definition) is 3. The highest BCUT2D eigenvalue weighted by atomic mass is 79.9. The van der Waals surface area contributed by atoms with Crippen molar-refractivity contribution in [3.8, 4) is 11.8 Å². The molecule has 1 heterocycles. The fraction of sp³-hybridized carbons (Fsp3) is 0.750. The van der Waals surface area contributed by atoms with Crippen LogP contribution in [0.25, 0.3) is 0 Å². The van der Waals surface area contributed by atoms with E-state index in [0.717, 1.165) is 32.5 Å². The molecule has 0 aromatic carbocycles. The highest BCUT2D eigenvalue weighted by Gasteiger charge is 2.18. The van der Waals surface area contributed by atoms with E-state index >= 15 is 0 Å². The maximum absolute atomic E-state index is 10.9. The standard InChI is InChI=1S/C12H19BrN2O2/c1-11(16)14(2)7-3-4-8-15-9-5-12(17-13)6-10-15/h12H,5-10H2,1-2H3. The summed E-state index contributed by atoms with van der Waals surface area (Å²) in [5.74, 6) is 6.17. The predicted molar refractivity (Wildman–Crippen MR) is 70.6 cm³/mol. The molecule has 0 N–H and O–H groups in total. The molecule has 0 spiro atoms. The van der Waals surface area contributed by atoms with Gasteiger partial charge in [0.2, 0.25) is 5.91 Å². The van der Waals surface area contributed by atoms with E-state index in [2.05, 4.69) is 33.0 Å². The van der Waals surface area contributed by atoms with E-state index in [4.69, 9.17) is 3.83 Å². The van der Waals surface area contributed by atoms with Crippen molar-refractivity contribution in [2.75, 3.05) is 33.2 Å². The minimum absolute atomic E-state index is 0.0505. The van der Waals surface area contributed by atoms with Crippen molar-refractivity contribution in [1.29, 1.82) is 0 Å². The Morgan fingerprint density at radius 3 is 2.65 bits per heavy atom. The molecule has 17 heavy (non-hydrogen) atoms. The second kappa shape index (κ2) is 7.70. The highest BCUT2D eigenvalue weighted by molar-refractivity contribution is 9.06. The summed E-state index contributed by atoms with van der Waals surface area (Å²) < 4.78 is 5.13. The lowest BCUT2D eigenvalue weighted by molar-refractivity contribution is -0.126. The third-order valence-electron chi connectivity index (χ3n) is 2.94. The fourth-order valence-corrected chi connectivity index (χ4v) is 1.98. The Morgan fingerprint density at radius 2 is 2.12 bits per heavy atom. The summed E-state index contributed by atoms with van der Waals surface area (Å²) >= 11 is 3.04. The van der Waals surface area contributed by atoms with Crippen LogP contribution in [-0.4, -0.2) is 55.0 Å². The first-order valence-corrected chi connectivity index (χ1v) is 6.45. The quantitative estimate of drug-likeness (QED) is 0.736. The van der Waals surface area contributed by atoms with Gasteiger partial charge in [-0.05, 0) is 12.8 Å². The lowest BCUT2D eigenvalue weighted by Gasteiger charge is -2.28. The largest absolute Gasteiger partial charge is 0.335 e. The molecule has 5 heteroatoms. The van der Waals surface area contributed by atoms with Gasteiger partial charge in [0.05, 0.1) is 35.5 Å². The Hall–Kier alpha value is -0.570. The zero-order valence-electron chi connectivity index (χ0n) is 10.4. The van der Waals surface area contributed by atoms with Gasteiger partial charge in [-0.15, -0.1) is 0 Å². The predicted octanol–water partition coefficient (Wildman–Crippen LogP) is 1.26. The molecule has 0 aromatic heterocycles. The van der Waals surface area contributed by atoms with E-state index in [1.807, 2.05) is 0 Å². The van der Waals surface area contributed by atoms with Gasteiger partial charge in [-0.3, -0.25) is 9.69 Å². The summed E-state index contributed by atoms with van der Waals surface area (Å²) in [4.78, 5) is 14.9. The van der Waals surface area contributed by atoms with Crippen LogP contribution in [0.3, 0.4) is 0 Å². The maximum atomic E-state index is 10.9. The number of hydrogen-bond donors (Lipinski definition) is 0. The SMILES string of the molecule is CC(=O)N(C)CC#CCN1CCC(OBr)CC1. The van der Waals surface area contributed by atoms with E-state index in [-0.39, 0.29) is 5.91 Å². The van der Waals surface area contributed by atoms with E-state index < -0.39 is 0 Å². The average molecular weight is 303 g/mol. The monoisotopic (exact) mass is 302 g/mol. The normalized spacial score (nSPS) is 17.4. The molecule has 0 unspecified atom stereocenters. The van der Waals surface area contributed by atoms with Crippen molar-refractivity contribution in [2.24, 2.45) is 0 Å². The van der Waals surface area contributed by atoms with Gasteiger partial charge in [-0.2, -0.15) is 0 Å². The van der Waals surface area contributed by atoms with Crippen molar-refractivity contribution < 1.29 is 8.62 Å². The molecule has 1 rings (SSSR count). The number of likely N-dealkylation sites (tertiary alicyclic amines) is 1. The molecular formula is C12H19BrN2O2. The summed E-state index contributed by atoms with van der Waals surface area (Å²) in [5.41, 5.74) is 0. The van der Waals surface area contributed by atoms with Crippen LogP contribution in [0.1, 0.15) is 19.8 Å². The summed E-state index contributed by atoms with van der Waals surface area (Å²) in [6.45, 7) is 4.88. The number of nitrogens with zero attached hydrogens (tertiary/aromatic N) is 2. The summed E-state index contributed by atoms with van der Waals surface area (Å²) in [7, 11) is 1.76. The number of carbonyl (C=O) groups excluding carboxylic acids is 1. The lowest BCUT2D eigenvalue weighted by Crippen LogP contribution is -2.36. The first kappa shape index (κ1) is 14.5. The maximum Gasteiger partial charge on any atom is 0.219 e. The van der Waals surface area contributed by atoms with Gasteiger partial charge in [0, 0.05) is 27.1 Å². The van der Waals surface area contributed by atoms with Crippen LogP contribution < -0.4 is 0 Å². The topological polar surface area (TPSA) is 32.8 Å². The Morgan fingerprint density at radius 1 is 1.47 bits per heavy atom. The fourth-order valence-electron chi connectivity index (χ4n) is 1.61. The molecule has 1 aliphatic heterocycles. The average Bonchev–Trinajstić information content (AvgIpc) is 2.35. The van der Waals surface area contributed by atoms with E-state index in [1.165, 1.54) is 0 Å².